The second kappa shape index (κ2) is 5.70. The molecule has 2 heterocycles. The van der Waals surface area contributed by atoms with Crippen molar-refractivity contribution >= 4 is 11.5 Å². The smallest absolute Gasteiger partial charge is 0.0893 e. The number of nitrogens with one attached hydrogen (secondary N) is 1. The molecule has 4 nitrogen and oxygen atoms in total. The van der Waals surface area contributed by atoms with Crippen LogP contribution in [0, 0.1) is 11.8 Å². The number of rotatable bonds is 5. The zero-order valence-corrected chi connectivity index (χ0v) is 10.7. The van der Waals surface area contributed by atoms with Gasteiger partial charge >= 0.3 is 0 Å². The van der Waals surface area contributed by atoms with Crippen molar-refractivity contribution in [3.8, 4) is 0 Å². The van der Waals surface area contributed by atoms with E-state index in [9.17, 15) is 0 Å². The maximum absolute atomic E-state index is 5.75. The molecule has 1 aromatic heterocycles. The number of hydrogen-bond acceptors (Lipinski definition) is 5. The Morgan fingerprint density at radius 2 is 2.50 bits per heavy atom. The predicted octanol–water partition coefficient (Wildman–Crippen LogP) is 1.69. The van der Waals surface area contributed by atoms with Crippen LogP contribution in [0.2, 0.25) is 0 Å². The zero-order valence-electron chi connectivity index (χ0n) is 9.85. The minimum absolute atomic E-state index is 0.418. The van der Waals surface area contributed by atoms with Gasteiger partial charge in [-0.05, 0) is 29.8 Å². The quantitative estimate of drug-likeness (QED) is 0.852. The summed E-state index contributed by atoms with van der Waals surface area (Å²) in [5.41, 5.74) is 1.03. The predicted molar refractivity (Wildman–Crippen MR) is 64.3 cm³/mol. The van der Waals surface area contributed by atoms with E-state index in [4.69, 9.17) is 4.74 Å². The molecule has 16 heavy (non-hydrogen) atoms. The second-order valence-corrected chi connectivity index (χ2v) is 5.27. The first kappa shape index (κ1) is 12.0. The van der Waals surface area contributed by atoms with Crippen molar-refractivity contribution in [1.29, 1.82) is 0 Å². The molecule has 0 bridgehead atoms. The molecule has 1 N–H and O–H groups in total. The van der Waals surface area contributed by atoms with E-state index in [1.165, 1.54) is 18.0 Å². The van der Waals surface area contributed by atoms with Gasteiger partial charge in [-0.15, -0.1) is 5.10 Å². The van der Waals surface area contributed by atoms with E-state index in [-0.39, 0.29) is 0 Å². The van der Waals surface area contributed by atoms with Crippen LogP contribution in [-0.2, 0) is 11.3 Å². The van der Waals surface area contributed by atoms with Gasteiger partial charge in [0.1, 0.15) is 0 Å². The highest BCUT2D eigenvalue weighted by molar-refractivity contribution is 7.03. The Hall–Kier alpha value is -0.520. The Bertz CT molecular complexity index is 302. The van der Waals surface area contributed by atoms with Crippen LogP contribution in [-0.4, -0.2) is 28.8 Å². The van der Waals surface area contributed by atoms with Crippen molar-refractivity contribution in [3.05, 3.63) is 11.1 Å². The van der Waals surface area contributed by atoms with E-state index in [1.54, 1.807) is 0 Å². The Kier molecular flexibility index (Phi) is 4.26. The van der Waals surface area contributed by atoms with E-state index in [1.807, 2.05) is 5.38 Å². The second-order valence-electron chi connectivity index (χ2n) is 4.66. The Morgan fingerprint density at radius 1 is 1.62 bits per heavy atom. The summed E-state index contributed by atoms with van der Waals surface area (Å²) in [6.07, 6.45) is 1.59. The first-order valence-electron chi connectivity index (χ1n) is 5.85. The first-order chi connectivity index (χ1) is 7.77. The molecule has 2 rings (SSSR count). The molecule has 0 spiro atoms. The summed E-state index contributed by atoms with van der Waals surface area (Å²) < 4.78 is 9.59. The molecular formula is C11H19N3OS. The van der Waals surface area contributed by atoms with Gasteiger partial charge < -0.3 is 10.1 Å². The molecule has 0 unspecified atom stereocenters. The molecule has 0 amide bonds. The molecule has 1 aromatic rings. The van der Waals surface area contributed by atoms with Crippen molar-refractivity contribution in [2.75, 3.05) is 13.2 Å². The fourth-order valence-electron chi connectivity index (χ4n) is 2.26. The van der Waals surface area contributed by atoms with E-state index < -0.39 is 0 Å². The Morgan fingerprint density at radius 3 is 3.19 bits per heavy atom. The molecule has 0 saturated carbocycles. The summed E-state index contributed by atoms with van der Waals surface area (Å²) in [6.45, 7) is 7.20. The third kappa shape index (κ3) is 2.99. The van der Waals surface area contributed by atoms with Crippen molar-refractivity contribution in [1.82, 2.24) is 14.9 Å². The summed E-state index contributed by atoms with van der Waals surface area (Å²) >= 11 is 1.40. The van der Waals surface area contributed by atoms with Gasteiger partial charge in [-0.1, -0.05) is 18.3 Å². The van der Waals surface area contributed by atoms with Crippen molar-refractivity contribution in [2.24, 2.45) is 11.8 Å². The maximum atomic E-state index is 5.75. The molecule has 1 fully saturated rings. The van der Waals surface area contributed by atoms with Crippen LogP contribution in [0.15, 0.2) is 5.38 Å². The molecule has 1 aliphatic heterocycles. The van der Waals surface area contributed by atoms with Crippen LogP contribution in [0.3, 0.4) is 0 Å². The largest absolute Gasteiger partial charge is 0.378 e. The summed E-state index contributed by atoms with van der Waals surface area (Å²) in [7, 11) is 0. The summed E-state index contributed by atoms with van der Waals surface area (Å²) in [5.74, 6) is 1.25. The third-order valence-electron chi connectivity index (χ3n) is 3.04. The van der Waals surface area contributed by atoms with Crippen LogP contribution in [0.1, 0.15) is 26.0 Å². The molecule has 0 aromatic carbocycles. The summed E-state index contributed by atoms with van der Waals surface area (Å²) in [5, 5.41) is 9.43. The Balaban J connectivity index is 1.73. The van der Waals surface area contributed by atoms with Crippen LogP contribution >= 0.6 is 11.5 Å². The van der Waals surface area contributed by atoms with Gasteiger partial charge in [0.05, 0.1) is 11.8 Å². The van der Waals surface area contributed by atoms with Crippen LogP contribution in [0.5, 0.6) is 0 Å². The van der Waals surface area contributed by atoms with Gasteiger partial charge in [-0.25, -0.2) is 0 Å². The zero-order chi connectivity index (χ0) is 11.4. The van der Waals surface area contributed by atoms with E-state index in [0.29, 0.717) is 17.9 Å². The van der Waals surface area contributed by atoms with E-state index in [2.05, 4.69) is 28.8 Å². The lowest BCUT2D eigenvalue weighted by molar-refractivity contribution is 0.0539. The van der Waals surface area contributed by atoms with Crippen LogP contribution in [0.4, 0.5) is 0 Å². The fourth-order valence-corrected chi connectivity index (χ4v) is 2.71. The molecular weight excluding hydrogens is 222 g/mol. The number of nitrogens with zero attached hydrogens (tertiary/aromatic N) is 2. The summed E-state index contributed by atoms with van der Waals surface area (Å²) in [6, 6.07) is 0. The number of hydrogen-bond donors (Lipinski definition) is 1. The topological polar surface area (TPSA) is 47.0 Å². The maximum Gasteiger partial charge on any atom is 0.0893 e. The van der Waals surface area contributed by atoms with Gasteiger partial charge in [0.2, 0.25) is 0 Å². The van der Waals surface area contributed by atoms with Gasteiger partial charge in [0.15, 0.2) is 0 Å². The van der Waals surface area contributed by atoms with Gasteiger partial charge in [0, 0.05) is 25.1 Å². The van der Waals surface area contributed by atoms with Crippen molar-refractivity contribution in [2.45, 2.75) is 32.9 Å². The average Bonchev–Trinajstić information content (AvgIpc) is 2.87. The highest BCUT2D eigenvalue weighted by Crippen LogP contribution is 2.26. The average molecular weight is 241 g/mol. The van der Waals surface area contributed by atoms with Gasteiger partial charge in [-0.3, -0.25) is 0 Å². The summed E-state index contributed by atoms with van der Waals surface area (Å²) in [4.78, 5) is 0. The lowest BCUT2D eigenvalue weighted by Gasteiger charge is -2.22. The SMILES string of the molecule is CC(C)[C@H]1OCC[C@@H]1CNCc1csnn1. The number of ether oxygens (including phenoxy) is 1. The highest BCUT2D eigenvalue weighted by atomic mass is 32.1. The first-order valence-corrected chi connectivity index (χ1v) is 6.69. The van der Waals surface area contributed by atoms with Gasteiger partial charge in [0.25, 0.3) is 0 Å². The van der Waals surface area contributed by atoms with Crippen molar-refractivity contribution in [3.63, 3.8) is 0 Å². The standard InChI is InChI=1S/C11H19N3OS/c1-8(2)11-9(3-4-15-11)5-12-6-10-7-16-14-13-10/h7-9,11-12H,3-6H2,1-2H3/t9-,11-/m1/s1. The molecule has 90 valence electrons. The lowest BCUT2D eigenvalue weighted by atomic mass is 9.93. The minimum atomic E-state index is 0.418. The van der Waals surface area contributed by atoms with Crippen LogP contribution < -0.4 is 5.32 Å². The fraction of sp³-hybridized carbons (Fsp3) is 0.818. The Labute approximate surface area is 101 Å². The normalized spacial score (nSPS) is 25.4. The molecule has 1 aliphatic rings. The molecule has 0 aliphatic carbocycles. The van der Waals surface area contributed by atoms with Crippen LogP contribution in [0.25, 0.3) is 0 Å². The third-order valence-corrected chi connectivity index (χ3v) is 3.59. The monoisotopic (exact) mass is 241 g/mol. The number of aromatic nitrogens is 2. The highest BCUT2D eigenvalue weighted by Gasteiger charge is 2.30. The molecule has 5 heteroatoms. The van der Waals surface area contributed by atoms with Gasteiger partial charge in [-0.2, -0.15) is 0 Å². The van der Waals surface area contributed by atoms with E-state index >= 15 is 0 Å². The lowest BCUT2D eigenvalue weighted by Crippen LogP contribution is -2.31. The minimum Gasteiger partial charge on any atom is -0.378 e. The van der Waals surface area contributed by atoms with E-state index in [0.717, 1.165) is 25.4 Å². The molecule has 1 saturated heterocycles. The molecule has 0 radical (unpaired) electrons. The molecule has 2 atom stereocenters. The van der Waals surface area contributed by atoms with Crippen molar-refractivity contribution < 1.29 is 4.74 Å².